The number of benzene rings is 3. The van der Waals surface area contributed by atoms with Gasteiger partial charge in [-0.15, -0.1) is 0 Å². The lowest BCUT2D eigenvalue weighted by atomic mass is 10.0. The number of nitrogens with zero attached hydrogens (tertiary/aromatic N) is 3. The zero-order chi connectivity index (χ0) is 23.4. The lowest BCUT2D eigenvalue weighted by molar-refractivity contribution is 0.0518. The Bertz CT molecular complexity index is 1290. The van der Waals surface area contributed by atoms with E-state index in [0.29, 0.717) is 12.1 Å². The molecule has 4 rings (SSSR count). The average Bonchev–Trinajstić information content (AvgIpc) is 3.29. The minimum atomic E-state index is -0.466. The molecule has 0 aliphatic carbocycles. The molecule has 0 saturated carbocycles. The van der Waals surface area contributed by atoms with Crippen LogP contribution in [0.1, 0.15) is 41.1 Å². The topological polar surface area (TPSA) is 64.4 Å². The molecule has 3 aromatic carbocycles. The number of ether oxygens (including phenoxy) is 1. The van der Waals surface area contributed by atoms with Crippen molar-refractivity contribution >= 4 is 22.6 Å². The minimum Gasteiger partial charge on any atom is -0.461 e. The first-order valence-electron chi connectivity index (χ1n) is 11.1. The maximum Gasteiger partial charge on any atom is 0.358 e. The molecule has 6 heteroatoms. The van der Waals surface area contributed by atoms with Gasteiger partial charge in [-0.2, -0.15) is 5.10 Å². The van der Waals surface area contributed by atoms with Crippen LogP contribution in [-0.2, 0) is 4.74 Å². The summed E-state index contributed by atoms with van der Waals surface area (Å²) in [6, 6.07) is 23.3. The largest absolute Gasteiger partial charge is 0.461 e. The Morgan fingerprint density at radius 2 is 1.67 bits per heavy atom. The number of amides is 1. The molecule has 0 unspecified atom stereocenters. The fraction of sp³-hybridized carbons (Fsp3) is 0.222. The Kier molecular flexibility index (Phi) is 6.54. The monoisotopic (exact) mass is 441 g/mol. The van der Waals surface area contributed by atoms with E-state index < -0.39 is 5.97 Å². The van der Waals surface area contributed by atoms with Crippen LogP contribution in [0.4, 0.5) is 0 Å². The highest BCUT2D eigenvalue weighted by molar-refractivity contribution is 5.94. The normalized spacial score (nSPS) is 10.9. The molecule has 168 valence electrons. The maximum absolute atomic E-state index is 12.6. The van der Waals surface area contributed by atoms with Crippen molar-refractivity contribution < 1.29 is 14.3 Å². The average molecular weight is 442 g/mol. The van der Waals surface area contributed by atoms with Crippen LogP contribution in [0, 0.1) is 0 Å². The van der Waals surface area contributed by atoms with Crippen molar-refractivity contribution in [2.24, 2.45) is 0 Å². The third kappa shape index (κ3) is 4.65. The van der Waals surface area contributed by atoms with E-state index in [1.54, 1.807) is 41.8 Å². The Morgan fingerprint density at radius 1 is 0.939 bits per heavy atom. The summed E-state index contributed by atoms with van der Waals surface area (Å²) in [6.07, 6.45) is 0.902. The molecule has 0 bridgehead atoms. The predicted molar refractivity (Wildman–Crippen MR) is 130 cm³/mol. The summed E-state index contributed by atoms with van der Waals surface area (Å²) >= 11 is 0. The summed E-state index contributed by atoms with van der Waals surface area (Å²) in [5.74, 6) is -0.489. The van der Waals surface area contributed by atoms with E-state index in [1.165, 1.54) is 0 Å². The van der Waals surface area contributed by atoms with Gasteiger partial charge in [0.2, 0.25) is 0 Å². The molecule has 0 fully saturated rings. The molecule has 0 saturated heterocycles. The smallest absolute Gasteiger partial charge is 0.358 e. The molecular weight excluding hydrogens is 414 g/mol. The lowest BCUT2D eigenvalue weighted by Crippen LogP contribution is -2.27. The second kappa shape index (κ2) is 9.69. The Morgan fingerprint density at radius 3 is 2.36 bits per heavy atom. The molecule has 0 aliphatic rings. The number of carbonyl (C=O) groups excluding carboxylic acids is 2. The predicted octanol–water partition coefficient (Wildman–Crippen LogP) is 5.35. The molecule has 4 aromatic rings. The number of aromatic nitrogens is 2. The van der Waals surface area contributed by atoms with Crippen molar-refractivity contribution in [3.8, 4) is 16.9 Å². The van der Waals surface area contributed by atoms with Gasteiger partial charge in [-0.3, -0.25) is 4.79 Å². The summed E-state index contributed by atoms with van der Waals surface area (Å²) in [7, 11) is 1.80. The summed E-state index contributed by atoms with van der Waals surface area (Å²) in [6.45, 7) is 4.79. The van der Waals surface area contributed by atoms with Crippen LogP contribution in [0.2, 0.25) is 0 Å². The van der Waals surface area contributed by atoms with Gasteiger partial charge in [0.25, 0.3) is 5.91 Å². The van der Waals surface area contributed by atoms with Gasteiger partial charge < -0.3 is 9.64 Å². The molecule has 1 aromatic heterocycles. The highest BCUT2D eigenvalue weighted by Gasteiger charge is 2.19. The minimum absolute atomic E-state index is 0.0224. The molecule has 1 heterocycles. The van der Waals surface area contributed by atoms with Crippen molar-refractivity contribution in [3.05, 3.63) is 84.1 Å². The van der Waals surface area contributed by atoms with Crippen LogP contribution < -0.4 is 0 Å². The second-order valence-electron chi connectivity index (χ2n) is 7.88. The zero-order valence-corrected chi connectivity index (χ0v) is 19.1. The maximum atomic E-state index is 12.6. The van der Waals surface area contributed by atoms with Crippen molar-refractivity contribution in [2.75, 3.05) is 20.2 Å². The van der Waals surface area contributed by atoms with E-state index >= 15 is 0 Å². The van der Waals surface area contributed by atoms with Crippen LogP contribution in [0.15, 0.2) is 72.8 Å². The van der Waals surface area contributed by atoms with Gasteiger partial charge in [0.05, 0.1) is 18.0 Å². The van der Waals surface area contributed by atoms with Gasteiger partial charge in [0, 0.05) is 24.7 Å². The van der Waals surface area contributed by atoms with Gasteiger partial charge in [-0.05, 0) is 60.5 Å². The van der Waals surface area contributed by atoms with Crippen molar-refractivity contribution in [2.45, 2.75) is 20.3 Å². The Labute approximate surface area is 193 Å². The van der Waals surface area contributed by atoms with E-state index in [1.807, 2.05) is 37.3 Å². The van der Waals surface area contributed by atoms with E-state index in [0.717, 1.165) is 34.1 Å². The van der Waals surface area contributed by atoms with E-state index in [9.17, 15) is 9.59 Å². The third-order valence-corrected chi connectivity index (χ3v) is 5.50. The fourth-order valence-corrected chi connectivity index (χ4v) is 3.84. The SMILES string of the molecule is CCCN(C)C(=O)c1ccc(-n2nc(C(=O)OCC)cc2-c2ccc3ccccc3c2)cc1. The van der Waals surface area contributed by atoms with Crippen LogP contribution >= 0.6 is 0 Å². The highest BCUT2D eigenvalue weighted by atomic mass is 16.5. The van der Waals surface area contributed by atoms with E-state index in [4.69, 9.17) is 4.74 Å². The summed E-state index contributed by atoms with van der Waals surface area (Å²) in [4.78, 5) is 26.7. The van der Waals surface area contributed by atoms with E-state index in [-0.39, 0.29) is 18.2 Å². The van der Waals surface area contributed by atoms with Crippen LogP contribution in [0.5, 0.6) is 0 Å². The van der Waals surface area contributed by atoms with Gasteiger partial charge in [0.1, 0.15) is 0 Å². The number of esters is 1. The first kappa shape index (κ1) is 22.3. The van der Waals surface area contributed by atoms with Crippen LogP contribution in [0.25, 0.3) is 27.7 Å². The molecule has 0 atom stereocenters. The molecular formula is C27H27N3O3. The van der Waals surface area contributed by atoms with E-state index in [2.05, 4.69) is 29.4 Å². The standard InChI is InChI=1S/C27H27N3O3/c1-4-16-29(3)26(31)20-12-14-23(15-13-20)30-25(18-24(28-30)27(32)33-5-2)22-11-10-19-8-6-7-9-21(19)17-22/h6-15,17-18H,4-5,16H2,1-3H3. The fourth-order valence-electron chi connectivity index (χ4n) is 3.84. The van der Waals surface area contributed by atoms with Gasteiger partial charge in [-0.1, -0.05) is 43.3 Å². The van der Waals surface area contributed by atoms with Crippen molar-refractivity contribution in [1.29, 1.82) is 0 Å². The summed E-state index contributed by atoms with van der Waals surface area (Å²) in [5, 5.41) is 6.77. The number of rotatable bonds is 7. The quantitative estimate of drug-likeness (QED) is 0.363. The third-order valence-electron chi connectivity index (χ3n) is 5.50. The Hall–Kier alpha value is -3.93. The molecule has 0 spiro atoms. The first-order valence-corrected chi connectivity index (χ1v) is 11.1. The van der Waals surface area contributed by atoms with Crippen molar-refractivity contribution in [1.82, 2.24) is 14.7 Å². The lowest BCUT2D eigenvalue weighted by Gasteiger charge is -2.16. The Balaban J connectivity index is 1.76. The molecule has 0 N–H and O–H groups in total. The first-order chi connectivity index (χ1) is 16.0. The number of hydrogen-bond acceptors (Lipinski definition) is 4. The summed E-state index contributed by atoms with van der Waals surface area (Å²) < 4.78 is 6.90. The van der Waals surface area contributed by atoms with Crippen LogP contribution in [0.3, 0.4) is 0 Å². The highest BCUT2D eigenvalue weighted by Crippen LogP contribution is 2.28. The molecule has 1 amide bonds. The summed E-state index contributed by atoms with van der Waals surface area (Å²) in [5.41, 5.74) is 3.30. The number of carbonyl (C=O) groups is 2. The van der Waals surface area contributed by atoms with Crippen molar-refractivity contribution in [3.63, 3.8) is 0 Å². The number of fused-ring (bicyclic) bond motifs is 1. The van der Waals surface area contributed by atoms with Gasteiger partial charge in [-0.25, -0.2) is 9.48 Å². The van der Waals surface area contributed by atoms with Gasteiger partial charge >= 0.3 is 5.97 Å². The van der Waals surface area contributed by atoms with Gasteiger partial charge in [0.15, 0.2) is 5.69 Å². The number of hydrogen-bond donors (Lipinski definition) is 0. The molecule has 0 radical (unpaired) electrons. The van der Waals surface area contributed by atoms with Crippen LogP contribution in [-0.4, -0.2) is 46.8 Å². The molecule has 6 nitrogen and oxygen atoms in total. The molecule has 0 aliphatic heterocycles. The second-order valence-corrected chi connectivity index (χ2v) is 7.88. The molecule has 33 heavy (non-hydrogen) atoms. The zero-order valence-electron chi connectivity index (χ0n) is 19.1.